The van der Waals surface area contributed by atoms with E-state index in [0.29, 0.717) is 19.4 Å². The van der Waals surface area contributed by atoms with Gasteiger partial charge in [-0.3, -0.25) is 9.59 Å². The molecule has 2 aromatic rings. The molecule has 1 aliphatic rings. The Balaban J connectivity index is 1.69. The first-order valence-electron chi connectivity index (χ1n) is 8.47. The molecule has 3 rings (SSSR count). The number of aliphatic carboxylic acids is 1. The Labute approximate surface area is 141 Å². The van der Waals surface area contributed by atoms with Crippen LogP contribution in [0.2, 0.25) is 0 Å². The maximum atomic E-state index is 12.3. The molecule has 1 unspecified atom stereocenters. The Bertz CT molecular complexity index is 753. The van der Waals surface area contributed by atoms with E-state index >= 15 is 0 Å². The van der Waals surface area contributed by atoms with Crippen LogP contribution < -0.4 is 0 Å². The number of carbonyl (C=O) groups is 2. The summed E-state index contributed by atoms with van der Waals surface area (Å²) in [5.74, 6) is 0.470. The number of carbonyl (C=O) groups excluding carboxylic acids is 1. The molecule has 1 saturated heterocycles. The van der Waals surface area contributed by atoms with Crippen molar-refractivity contribution in [1.82, 2.24) is 14.5 Å². The average Bonchev–Trinajstić information content (AvgIpc) is 2.92. The lowest BCUT2D eigenvalue weighted by molar-refractivity contribution is -0.137. The molecule has 0 radical (unpaired) electrons. The standard InChI is InChI=1S/C18H23N3O3/c1-20-15-8-3-2-7-14(15)19-18(20)13-6-5-11-21(12-13)16(22)9-4-10-17(23)24/h2-3,7-8,13H,4-6,9-12H2,1H3,(H,23,24). The van der Waals surface area contributed by atoms with E-state index in [1.807, 2.05) is 30.1 Å². The number of piperidine rings is 1. The molecule has 1 aromatic heterocycles. The summed E-state index contributed by atoms with van der Waals surface area (Å²) in [4.78, 5) is 29.5. The second-order valence-electron chi connectivity index (χ2n) is 6.44. The summed E-state index contributed by atoms with van der Waals surface area (Å²) in [5, 5.41) is 8.69. The first-order valence-corrected chi connectivity index (χ1v) is 8.47. The molecule has 0 aliphatic carbocycles. The summed E-state index contributed by atoms with van der Waals surface area (Å²) >= 11 is 0. The van der Waals surface area contributed by atoms with Gasteiger partial charge >= 0.3 is 5.97 Å². The Morgan fingerprint density at radius 1 is 1.29 bits per heavy atom. The third kappa shape index (κ3) is 3.42. The minimum Gasteiger partial charge on any atom is -0.481 e. The number of carboxylic acids is 1. The van der Waals surface area contributed by atoms with Gasteiger partial charge in [0.1, 0.15) is 5.82 Å². The maximum absolute atomic E-state index is 12.3. The molecular weight excluding hydrogens is 306 g/mol. The smallest absolute Gasteiger partial charge is 0.303 e. The predicted molar refractivity (Wildman–Crippen MR) is 90.8 cm³/mol. The largest absolute Gasteiger partial charge is 0.481 e. The third-order valence-corrected chi connectivity index (χ3v) is 4.74. The van der Waals surface area contributed by atoms with Gasteiger partial charge in [-0.2, -0.15) is 0 Å². The van der Waals surface area contributed by atoms with Crippen molar-refractivity contribution in [3.8, 4) is 0 Å². The fraction of sp³-hybridized carbons (Fsp3) is 0.500. The number of imidazole rings is 1. The van der Waals surface area contributed by atoms with Crippen molar-refractivity contribution in [1.29, 1.82) is 0 Å². The number of amides is 1. The zero-order chi connectivity index (χ0) is 17.1. The van der Waals surface area contributed by atoms with Crippen LogP contribution in [0.3, 0.4) is 0 Å². The number of nitrogens with zero attached hydrogens (tertiary/aromatic N) is 3. The molecule has 1 amide bonds. The minimum atomic E-state index is -0.848. The van der Waals surface area contributed by atoms with Crippen molar-refractivity contribution >= 4 is 22.9 Å². The van der Waals surface area contributed by atoms with Crippen molar-refractivity contribution < 1.29 is 14.7 Å². The Morgan fingerprint density at radius 3 is 2.83 bits per heavy atom. The number of aromatic nitrogens is 2. The van der Waals surface area contributed by atoms with E-state index in [-0.39, 0.29) is 18.2 Å². The van der Waals surface area contributed by atoms with Crippen molar-refractivity contribution in [3.05, 3.63) is 30.1 Å². The monoisotopic (exact) mass is 329 g/mol. The van der Waals surface area contributed by atoms with Gasteiger partial charge in [-0.05, 0) is 31.4 Å². The second-order valence-corrected chi connectivity index (χ2v) is 6.44. The molecule has 6 heteroatoms. The lowest BCUT2D eigenvalue weighted by Crippen LogP contribution is -2.39. The molecule has 128 valence electrons. The molecule has 1 fully saturated rings. The summed E-state index contributed by atoms with van der Waals surface area (Å²) in [6.07, 6.45) is 2.74. The van der Waals surface area contributed by atoms with Gasteiger partial charge in [0, 0.05) is 38.9 Å². The van der Waals surface area contributed by atoms with Crippen molar-refractivity contribution in [2.45, 2.75) is 38.0 Å². The van der Waals surface area contributed by atoms with Crippen LogP contribution in [0.4, 0.5) is 0 Å². The number of aryl methyl sites for hydroxylation is 1. The first-order chi connectivity index (χ1) is 11.6. The van der Waals surface area contributed by atoms with E-state index in [1.54, 1.807) is 0 Å². The Morgan fingerprint density at radius 2 is 2.08 bits per heavy atom. The number of carboxylic acid groups (broad SMARTS) is 1. The molecule has 1 N–H and O–H groups in total. The van der Waals surface area contributed by atoms with E-state index in [1.165, 1.54) is 0 Å². The van der Waals surface area contributed by atoms with E-state index in [2.05, 4.69) is 10.6 Å². The van der Waals surface area contributed by atoms with Crippen LogP contribution in [0.1, 0.15) is 43.8 Å². The van der Waals surface area contributed by atoms with E-state index in [4.69, 9.17) is 10.1 Å². The van der Waals surface area contributed by atoms with Gasteiger partial charge in [-0.25, -0.2) is 4.98 Å². The molecule has 2 heterocycles. The number of para-hydroxylation sites is 2. The summed E-state index contributed by atoms with van der Waals surface area (Å²) in [5.41, 5.74) is 2.09. The Kier molecular flexibility index (Phi) is 4.83. The molecule has 1 atom stereocenters. The topological polar surface area (TPSA) is 75.4 Å². The van der Waals surface area contributed by atoms with Gasteiger partial charge in [0.15, 0.2) is 0 Å². The fourth-order valence-electron chi connectivity index (χ4n) is 3.49. The van der Waals surface area contributed by atoms with Crippen LogP contribution in [-0.4, -0.2) is 44.5 Å². The van der Waals surface area contributed by atoms with Gasteiger partial charge in [0.25, 0.3) is 0 Å². The number of rotatable bonds is 5. The molecular formula is C18H23N3O3. The third-order valence-electron chi connectivity index (χ3n) is 4.74. The van der Waals surface area contributed by atoms with E-state index in [9.17, 15) is 9.59 Å². The van der Waals surface area contributed by atoms with Crippen LogP contribution in [0.15, 0.2) is 24.3 Å². The predicted octanol–water partition coefficient (Wildman–Crippen LogP) is 2.53. The van der Waals surface area contributed by atoms with Crippen LogP contribution in [0.25, 0.3) is 11.0 Å². The molecule has 0 spiro atoms. The average molecular weight is 329 g/mol. The Hall–Kier alpha value is -2.37. The van der Waals surface area contributed by atoms with E-state index in [0.717, 1.165) is 36.2 Å². The summed E-state index contributed by atoms with van der Waals surface area (Å²) < 4.78 is 2.12. The molecule has 6 nitrogen and oxygen atoms in total. The van der Waals surface area contributed by atoms with Gasteiger partial charge in [0.05, 0.1) is 11.0 Å². The molecule has 1 aromatic carbocycles. The van der Waals surface area contributed by atoms with Gasteiger partial charge in [-0.1, -0.05) is 12.1 Å². The van der Waals surface area contributed by atoms with Crippen LogP contribution in [-0.2, 0) is 16.6 Å². The number of hydrogen-bond acceptors (Lipinski definition) is 3. The highest BCUT2D eigenvalue weighted by molar-refractivity contribution is 5.77. The lowest BCUT2D eigenvalue weighted by atomic mass is 9.96. The number of benzene rings is 1. The normalized spacial score (nSPS) is 18.0. The summed E-state index contributed by atoms with van der Waals surface area (Å²) in [7, 11) is 2.03. The zero-order valence-corrected chi connectivity index (χ0v) is 13.9. The van der Waals surface area contributed by atoms with Crippen LogP contribution in [0, 0.1) is 0 Å². The number of likely N-dealkylation sites (tertiary alicyclic amines) is 1. The van der Waals surface area contributed by atoms with Gasteiger partial charge < -0.3 is 14.6 Å². The maximum Gasteiger partial charge on any atom is 0.303 e. The van der Waals surface area contributed by atoms with Gasteiger partial charge in [0.2, 0.25) is 5.91 Å². The molecule has 0 bridgehead atoms. The first kappa shape index (κ1) is 16.5. The van der Waals surface area contributed by atoms with Crippen molar-refractivity contribution in [3.63, 3.8) is 0 Å². The van der Waals surface area contributed by atoms with Crippen LogP contribution >= 0.6 is 0 Å². The summed E-state index contributed by atoms with van der Waals surface area (Å²) in [6.45, 7) is 1.43. The van der Waals surface area contributed by atoms with E-state index < -0.39 is 5.97 Å². The molecule has 1 aliphatic heterocycles. The van der Waals surface area contributed by atoms with Crippen LogP contribution in [0.5, 0.6) is 0 Å². The zero-order valence-electron chi connectivity index (χ0n) is 13.9. The second kappa shape index (κ2) is 7.03. The highest BCUT2D eigenvalue weighted by atomic mass is 16.4. The minimum absolute atomic E-state index is 0.0494. The molecule has 24 heavy (non-hydrogen) atoms. The number of hydrogen-bond donors (Lipinski definition) is 1. The SMILES string of the molecule is Cn1c(C2CCCN(C(=O)CCCC(=O)O)C2)nc2ccccc21. The molecule has 0 saturated carbocycles. The quantitative estimate of drug-likeness (QED) is 0.914. The summed E-state index contributed by atoms with van der Waals surface area (Å²) in [6, 6.07) is 8.06. The fourth-order valence-corrected chi connectivity index (χ4v) is 3.49. The van der Waals surface area contributed by atoms with Crippen molar-refractivity contribution in [2.24, 2.45) is 7.05 Å². The van der Waals surface area contributed by atoms with Crippen molar-refractivity contribution in [2.75, 3.05) is 13.1 Å². The number of fused-ring (bicyclic) bond motifs is 1. The highest BCUT2D eigenvalue weighted by Gasteiger charge is 2.27. The highest BCUT2D eigenvalue weighted by Crippen LogP contribution is 2.29. The lowest BCUT2D eigenvalue weighted by Gasteiger charge is -2.32. The van der Waals surface area contributed by atoms with Gasteiger partial charge in [-0.15, -0.1) is 0 Å².